The topological polar surface area (TPSA) is 76.6 Å². The fraction of sp³-hybridized carbons (Fsp3) is 0.333. The number of aryl methyl sites for hydroxylation is 1. The molecule has 1 unspecified atom stereocenters. The van der Waals surface area contributed by atoms with Crippen LogP contribution in [0.25, 0.3) is 10.2 Å². The van der Waals surface area contributed by atoms with E-state index in [1.54, 1.807) is 12.1 Å². The third-order valence-electron chi connectivity index (χ3n) is 5.09. The third kappa shape index (κ3) is 4.09. The largest absolute Gasteiger partial charge is 0.376 e. The minimum absolute atomic E-state index is 0.00247. The van der Waals surface area contributed by atoms with Gasteiger partial charge in [-0.05, 0) is 43.5 Å². The molecule has 1 aromatic heterocycles. The van der Waals surface area contributed by atoms with Gasteiger partial charge in [-0.3, -0.25) is 9.69 Å². The van der Waals surface area contributed by atoms with E-state index in [9.17, 15) is 13.2 Å². The fourth-order valence-electron chi connectivity index (χ4n) is 3.56. The third-order valence-corrected chi connectivity index (χ3v) is 7.78. The van der Waals surface area contributed by atoms with Gasteiger partial charge in [-0.2, -0.15) is 0 Å². The van der Waals surface area contributed by atoms with Gasteiger partial charge in [0.15, 0.2) is 15.0 Å². The summed E-state index contributed by atoms with van der Waals surface area (Å²) in [6.07, 6.45) is 2.74. The molecular formula is C21H21ClN2O4S2. The first-order valence-electron chi connectivity index (χ1n) is 9.54. The van der Waals surface area contributed by atoms with E-state index in [0.717, 1.165) is 34.9 Å². The Morgan fingerprint density at radius 3 is 2.73 bits per heavy atom. The number of carbonyl (C=O) groups excluding carboxylic acids is 1. The molecule has 1 aliphatic heterocycles. The number of carbonyl (C=O) groups is 1. The summed E-state index contributed by atoms with van der Waals surface area (Å²) in [7, 11) is -3.58. The zero-order valence-electron chi connectivity index (χ0n) is 16.6. The van der Waals surface area contributed by atoms with Crippen molar-refractivity contribution in [1.29, 1.82) is 0 Å². The number of amides is 1. The van der Waals surface area contributed by atoms with E-state index in [-0.39, 0.29) is 16.6 Å². The summed E-state index contributed by atoms with van der Waals surface area (Å²) in [4.78, 5) is 19.8. The number of aromatic nitrogens is 1. The summed E-state index contributed by atoms with van der Waals surface area (Å²) in [5, 5.41) is 1.05. The molecule has 0 N–H and O–H groups in total. The molecule has 0 spiro atoms. The quantitative estimate of drug-likeness (QED) is 0.556. The minimum atomic E-state index is -3.58. The number of sulfone groups is 1. The average molecular weight is 465 g/mol. The Hall–Kier alpha value is -2.00. The Bertz CT molecular complexity index is 1180. The summed E-state index contributed by atoms with van der Waals surface area (Å²) >= 11 is 7.68. The van der Waals surface area contributed by atoms with Gasteiger partial charge in [-0.15, -0.1) is 0 Å². The summed E-state index contributed by atoms with van der Waals surface area (Å²) < 4.78 is 31.1. The van der Waals surface area contributed by atoms with Crippen molar-refractivity contribution in [2.45, 2.75) is 30.8 Å². The van der Waals surface area contributed by atoms with Crippen LogP contribution in [0.4, 0.5) is 5.13 Å². The van der Waals surface area contributed by atoms with Crippen molar-refractivity contribution < 1.29 is 17.9 Å². The molecule has 6 nitrogen and oxygen atoms in total. The van der Waals surface area contributed by atoms with E-state index in [4.69, 9.17) is 16.3 Å². The second kappa shape index (κ2) is 8.26. The summed E-state index contributed by atoms with van der Waals surface area (Å²) in [5.41, 5.74) is 1.82. The predicted molar refractivity (Wildman–Crippen MR) is 120 cm³/mol. The molecule has 1 fully saturated rings. The van der Waals surface area contributed by atoms with Gasteiger partial charge in [0.2, 0.25) is 0 Å². The highest BCUT2D eigenvalue weighted by atomic mass is 35.5. The van der Waals surface area contributed by atoms with Gasteiger partial charge in [-0.25, -0.2) is 13.4 Å². The van der Waals surface area contributed by atoms with Gasteiger partial charge in [-0.1, -0.05) is 41.1 Å². The number of halogens is 1. The van der Waals surface area contributed by atoms with E-state index < -0.39 is 15.7 Å². The lowest BCUT2D eigenvalue weighted by Gasteiger charge is -2.24. The van der Waals surface area contributed by atoms with Gasteiger partial charge < -0.3 is 4.74 Å². The SMILES string of the molecule is Cc1ccc(Cl)c2sc(N(CC3CCCO3)C(=O)c3ccccc3S(C)(=O)=O)nc12. The molecule has 0 radical (unpaired) electrons. The molecule has 0 aliphatic carbocycles. The van der Waals surface area contributed by atoms with Crippen LogP contribution in [0.5, 0.6) is 0 Å². The van der Waals surface area contributed by atoms with Crippen molar-refractivity contribution >= 4 is 54.0 Å². The maximum Gasteiger partial charge on any atom is 0.261 e. The first-order valence-corrected chi connectivity index (χ1v) is 12.6. The first-order chi connectivity index (χ1) is 14.3. The molecular weight excluding hydrogens is 444 g/mol. The molecule has 2 heterocycles. The maximum absolute atomic E-state index is 13.6. The van der Waals surface area contributed by atoms with Crippen LogP contribution in [0.1, 0.15) is 28.8 Å². The zero-order chi connectivity index (χ0) is 21.5. The number of ether oxygens (including phenoxy) is 1. The van der Waals surface area contributed by atoms with E-state index in [2.05, 4.69) is 4.98 Å². The van der Waals surface area contributed by atoms with Crippen LogP contribution in [-0.2, 0) is 14.6 Å². The van der Waals surface area contributed by atoms with Crippen molar-refractivity contribution in [2.24, 2.45) is 0 Å². The van der Waals surface area contributed by atoms with Crippen molar-refractivity contribution in [3.05, 3.63) is 52.5 Å². The van der Waals surface area contributed by atoms with Crippen molar-refractivity contribution in [2.75, 3.05) is 24.3 Å². The lowest BCUT2D eigenvalue weighted by atomic mass is 10.1. The van der Waals surface area contributed by atoms with Gasteiger partial charge in [0, 0.05) is 12.9 Å². The second-order valence-corrected chi connectivity index (χ2v) is 10.7. The lowest BCUT2D eigenvalue weighted by Crippen LogP contribution is -2.38. The summed E-state index contributed by atoms with van der Waals surface area (Å²) in [6.45, 7) is 2.89. The number of benzene rings is 2. The van der Waals surface area contributed by atoms with Gasteiger partial charge >= 0.3 is 0 Å². The smallest absolute Gasteiger partial charge is 0.261 e. The van der Waals surface area contributed by atoms with E-state index in [0.29, 0.717) is 23.3 Å². The molecule has 3 aromatic rings. The highest BCUT2D eigenvalue weighted by Gasteiger charge is 2.30. The molecule has 30 heavy (non-hydrogen) atoms. The van der Waals surface area contributed by atoms with Gasteiger partial charge in [0.05, 0.1) is 38.3 Å². The number of hydrogen-bond acceptors (Lipinski definition) is 6. The number of thiazole rings is 1. The van der Waals surface area contributed by atoms with Crippen LogP contribution in [0.3, 0.4) is 0 Å². The molecule has 4 rings (SSSR count). The predicted octanol–water partition coefficient (Wildman–Crippen LogP) is 4.49. The Morgan fingerprint density at radius 2 is 2.07 bits per heavy atom. The van der Waals surface area contributed by atoms with Crippen LogP contribution in [0.2, 0.25) is 5.02 Å². The van der Waals surface area contributed by atoms with E-state index in [1.165, 1.54) is 28.4 Å². The van der Waals surface area contributed by atoms with Crippen molar-refractivity contribution in [3.8, 4) is 0 Å². The van der Waals surface area contributed by atoms with Crippen LogP contribution in [0, 0.1) is 6.92 Å². The summed E-state index contributed by atoms with van der Waals surface area (Å²) in [6, 6.07) is 9.95. The van der Waals surface area contributed by atoms with E-state index >= 15 is 0 Å². The van der Waals surface area contributed by atoms with Crippen LogP contribution >= 0.6 is 22.9 Å². The number of hydrogen-bond donors (Lipinski definition) is 0. The number of fused-ring (bicyclic) bond motifs is 1. The lowest BCUT2D eigenvalue weighted by molar-refractivity contribution is 0.0915. The highest BCUT2D eigenvalue weighted by Crippen LogP contribution is 2.37. The Morgan fingerprint density at radius 1 is 1.30 bits per heavy atom. The molecule has 0 bridgehead atoms. The molecule has 1 aliphatic rings. The average Bonchev–Trinajstić information content (AvgIpc) is 3.38. The first kappa shape index (κ1) is 21.2. The molecule has 0 saturated carbocycles. The van der Waals surface area contributed by atoms with Crippen molar-refractivity contribution in [1.82, 2.24) is 4.98 Å². The van der Waals surface area contributed by atoms with Gasteiger partial charge in [0.1, 0.15) is 0 Å². The Kier molecular flexibility index (Phi) is 5.85. The Balaban J connectivity index is 1.83. The van der Waals surface area contributed by atoms with Crippen molar-refractivity contribution in [3.63, 3.8) is 0 Å². The van der Waals surface area contributed by atoms with Crippen LogP contribution < -0.4 is 4.90 Å². The normalized spacial score (nSPS) is 16.8. The maximum atomic E-state index is 13.6. The van der Waals surface area contributed by atoms with Gasteiger partial charge in [0.25, 0.3) is 5.91 Å². The highest BCUT2D eigenvalue weighted by molar-refractivity contribution is 7.90. The number of anilines is 1. The molecule has 1 amide bonds. The van der Waals surface area contributed by atoms with Crippen LogP contribution in [-0.4, -0.2) is 44.8 Å². The number of rotatable bonds is 5. The fourth-order valence-corrected chi connectivity index (χ4v) is 5.76. The Labute approximate surface area is 184 Å². The zero-order valence-corrected chi connectivity index (χ0v) is 19.0. The second-order valence-electron chi connectivity index (χ2n) is 7.36. The molecule has 2 aromatic carbocycles. The molecule has 1 atom stereocenters. The molecule has 1 saturated heterocycles. The minimum Gasteiger partial charge on any atom is -0.376 e. The molecule has 158 valence electrons. The van der Waals surface area contributed by atoms with E-state index in [1.807, 2.05) is 19.1 Å². The monoisotopic (exact) mass is 464 g/mol. The molecule has 9 heteroatoms. The summed E-state index contributed by atoms with van der Waals surface area (Å²) in [5.74, 6) is -0.417. The number of nitrogens with zero attached hydrogens (tertiary/aromatic N) is 2. The van der Waals surface area contributed by atoms with Crippen LogP contribution in [0.15, 0.2) is 41.3 Å². The standard InChI is InChI=1S/C21H21ClN2O4S2/c1-13-9-10-16(22)19-18(13)23-21(29-19)24(12-14-6-5-11-28-14)20(25)15-7-3-4-8-17(15)30(2,26)27/h3-4,7-10,14H,5-6,11-12H2,1-2H3.